The molecule has 0 atom stereocenters. The van der Waals surface area contributed by atoms with Gasteiger partial charge in [0.05, 0.1) is 17.7 Å². The molecule has 3 rings (SSSR count). The Morgan fingerprint density at radius 3 is 2.42 bits per heavy atom. The topological polar surface area (TPSA) is 67.8 Å². The second-order valence-corrected chi connectivity index (χ2v) is 8.58. The molecule has 0 amide bonds. The summed E-state index contributed by atoms with van der Waals surface area (Å²) in [5, 5.41) is 13.5. The predicted molar refractivity (Wildman–Crippen MR) is 127 cm³/mol. The molecule has 0 unspecified atom stereocenters. The Morgan fingerprint density at radius 1 is 1.00 bits per heavy atom. The van der Waals surface area contributed by atoms with Crippen LogP contribution in [0, 0.1) is 0 Å². The largest absolute Gasteiger partial charge is 0.493 e. The molecular weight excluding hydrogens is 529 g/mol. The number of hydrogen-bond donors (Lipinski definition) is 2. The van der Waals surface area contributed by atoms with Crippen molar-refractivity contribution in [1.82, 2.24) is 0 Å². The van der Waals surface area contributed by atoms with Crippen LogP contribution < -0.4 is 14.8 Å². The van der Waals surface area contributed by atoms with Crippen LogP contribution in [0.2, 0.25) is 15.1 Å². The Labute approximate surface area is 203 Å². The molecule has 0 aliphatic rings. The number of ether oxygens (including phenoxy) is 2. The van der Waals surface area contributed by atoms with Crippen molar-refractivity contribution in [3.8, 4) is 11.5 Å². The summed E-state index contributed by atoms with van der Waals surface area (Å²) >= 11 is 21.7. The third-order valence-corrected chi connectivity index (χ3v) is 6.05. The zero-order valence-electron chi connectivity index (χ0n) is 16.2. The molecule has 9 heteroatoms. The molecule has 3 aromatic rings. The second kappa shape index (κ2) is 10.5. The fraction of sp³-hybridized carbons (Fsp3) is 0.136. The summed E-state index contributed by atoms with van der Waals surface area (Å²) in [5.41, 5.74) is 2.46. The number of hydrogen-bond acceptors (Lipinski definition) is 4. The molecule has 0 spiro atoms. The van der Waals surface area contributed by atoms with E-state index in [4.69, 9.17) is 49.4 Å². The van der Waals surface area contributed by atoms with E-state index in [1.54, 1.807) is 31.4 Å². The number of carboxylic acids is 1. The smallest absolute Gasteiger partial charge is 0.337 e. The van der Waals surface area contributed by atoms with Gasteiger partial charge in [0.25, 0.3) is 0 Å². The molecule has 3 aromatic carbocycles. The van der Waals surface area contributed by atoms with Crippen molar-refractivity contribution in [2.24, 2.45) is 0 Å². The van der Waals surface area contributed by atoms with Crippen LogP contribution in [-0.4, -0.2) is 18.2 Å². The molecule has 0 radical (unpaired) electrons. The summed E-state index contributed by atoms with van der Waals surface area (Å²) in [5.74, 6) is 0.0434. The zero-order chi connectivity index (χ0) is 22.5. The summed E-state index contributed by atoms with van der Waals surface area (Å²) in [6, 6.07) is 13.6. The number of methoxy groups -OCH3 is 1. The number of nitrogens with one attached hydrogen (secondary N) is 1. The van der Waals surface area contributed by atoms with Gasteiger partial charge in [-0.2, -0.15) is 0 Å². The van der Waals surface area contributed by atoms with Gasteiger partial charge < -0.3 is 19.9 Å². The molecule has 0 saturated carbocycles. The lowest BCUT2D eigenvalue weighted by Gasteiger charge is -2.15. The lowest BCUT2D eigenvalue weighted by atomic mass is 10.1. The van der Waals surface area contributed by atoms with Crippen molar-refractivity contribution in [1.29, 1.82) is 0 Å². The molecular formula is C22H17BrCl3NO4. The SMILES string of the molecule is COc1cc(CNc2ccc(C(=O)O)c(Cl)c2)c(Br)cc1OCc1ccc(Cl)cc1Cl. The Kier molecular flexibility index (Phi) is 7.94. The average Bonchev–Trinajstić information content (AvgIpc) is 2.72. The number of rotatable bonds is 8. The molecule has 0 heterocycles. The van der Waals surface area contributed by atoms with Gasteiger partial charge in [-0.25, -0.2) is 4.79 Å². The van der Waals surface area contributed by atoms with Gasteiger partial charge in [-0.05, 0) is 48.0 Å². The van der Waals surface area contributed by atoms with Crippen molar-refractivity contribution in [3.63, 3.8) is 0 Å². The lowest BCUT2D eigenvalue weighted by molar-refractivity contribution is 0.0697. The lowest BCUT2D eigenvalue weighted by Crippen LogP contribution is -2.04. The molecule has 0 aliphatic heterocycles. The van der Waals surface area contributed by atoms with Gasteiger partial charge in [0, 0.05) is 32.3 Å². The van der Waals surface area contributed by atoms with Gasteiger partial charge in [0.1, 0.15) is 6.61 Å². The van der Waals surface area contributed by atoms with E-state index >= 15 is 0 Å². The van der Waals surface area contributed by atoms with Gasteiger partial charge in [0.2, 0.25) is 0 Å². The maximum absolute atomic E-state index is 11.1. The molecule has 31 heavy (non-hydrogen) atoms. The van der Waals surface area contributed by atoms with Crippen LogP contribution in [0.5, 0.6) is 11.5 Å². The van der Waals surface area contributed by atoms with Crippen LogP contribution in [0.3, 0.4) is 0 Å². The number of aromatic carboxylic acids is 1. The Bertz CT molecular complexity index is 1120. The van der Waals surface area contributed by atoms with E-state index in [9.17, 15) is 4.79 Å². The summed E-state index contributed by atoms with van der Waals surface area (Å²) in [7, 11) is 1.56. The molecule has 5 nitrogen and oxygen atoms in total. The molecule has 0 bridgehead atoms. The molecule has 0 aromatic heterocycles. The number of carboxylic acid groups (broad SMARTS) is 1. The van der Waals surface area contributed by atoms with E-state index in [0.717, 1.165) is 15.6 Å². The minimum Gasteiger partial charge on any atom is -0.493 e. The van der Waals surface area contributed by atoms with Crippen molar-refractivity contribution in [2.75, 3.05) is 12.4 Å². The number of carbonyl (C=O) groups is 1. The van der Waals surface area contributed by atoms with Crippen LogP contribution >= 0.6 is 50.7 Å². The highest BCUT2D eigenvalue weighted by atomic mass is 79.9. The van der Waals surface area contributed by atoms with Crippen LogP contribution in [0.25, 0.3) is 0 Å². The average molecular weight is 546 g/mol. The maximum atomic E-state index is 11.1. The number of halogens is 4. The highest BCUT2D eigenvalue weighted by Gasteiger charge is 2.13. The first-order chi connectivity index (χ1) is 14.8. The van der Waals surface area contributed by atoms with E-state index in [0.29, 0.717) is 33.8 Å². The summed E-state index contributed by atoms with van der Waals surface area (Å²) < 4.78 is 12.2. The third-order valence-electron chi connectivity index (χ3n) is 4.41. The van der Waals surface area contributed by atoms with Crippen molar-refractivity contribution in [3.05, 3.63) is 84.8 Å². The first kappa shape index (κ1) is 23.5. The van der Waals surface area contributed by atoms with Gasteiger partial charge in [-0.3, -0.25) is 0 Å². The Balaban J connectivity index is 1.73. The number of anilines is 1. The molecule has 0 saturated heterocycles. The minimum absolute atomic E-state index is 0.0531. The fourth-order valence-corrected chi connectivity index (χ4v) is 3.96. The quantitative estimate of drug-likeness (QED) is 0.311. The van der Waals surface area contributed by atoms with Gasteiger partial charge in [0.15, 0.2) is 11.5 Å². The molecule has 2 N–H and O–H groups in total. The monoisotopic (exact) mass is 543 g/mol. The van der Waals surface area contributed by atoms with Crippen molar-refractivity contribution in [2.45, 2.75) is 13.2 Å². The van der Waals surface area contributed by atoms with Crippen LogP contribution in [0.4, 0.5) is 5.69 Å². The molecule has 162 valence electrons. The Morgan fingerprint density at radius 2 is 1.77 bits per heavy atom. The van der Waals surface area contributed by atoms with Crippen molar-refractivity contribution < 1.29 is 19.4 Å². The number of benzene rings is 3. The van der Waals surface area contributed by atoms with Gasteiger partial charge in [-0.15, -0.1) is 0 Å². The first-order valence-electron chi connectivity index (χ1n) is 8.98. The first-order valence-corrected chi connectivity index (χ1v) is 10.9. The Hall–Kier alpha value is -2.12. The predicted octanol–water partition coefficient (Wildman–Crippen LogP) is 7.31. The van der Waals surface area contributed by atoms with Crippen LogP contribution in [0.15, 0.2) is 53.0 Å². The van der Waals surface area contributed by atoms with E-state index in [-0.39, 0.29) is 17.2 Å². The van der Waals surface area contributed by atoms with Crippen LogP contribution in [-0.2, 0) is 13.2 Å². The maximum Gasteiger partial charge on any atom is 0.337 e. The second-order valence-electron chi connectivity index (χ2n) is 6.47. The van der Waals surface area contributed by atoms with Gasteiger partial charge in [-0.1, -0.05) is 56.8 Å². The summed E-state index contributed by atoms with van der Waals surface area (Å²) in [6.07, 6.45) is 0. The van der Waals surface area contributed by atoms with Gasteiger partial charge >= 0.3 is 5.97 Å². The fourth-order valence-electron chi connectivity index (χ4n) is 2.78. The zero-order valence-corrected chi connectivity index (χ0v) is 20.1. The highest BCUT2D eigenvalue weighted by molar-refractivity contribution is 9.10. The van der Waals surface area contributed by atoms with E-state index in [1.165, 1.54) is 6.07 Å². The standard InChI is InChI=1S/C22H17BrCl3NO4/c1-30-20-6-13(10-27-15-4-5-16(22(28)29)19(26)8-15)17(23)9-21(20)31-11-12-2-3-14(24)7-18(12)25/h2-9,27H,10-11H2,1H3,(H,28,29). The van der Waals surface area contributed by atoms with Crippen LogP contribution in [0.1, 0.15) is 21.5 Å². The minimum atomic E-state index is -1.07. The molecule has 0 fully saturated rings. The third kappa shape index (κ3) is 5.98. The van der Waals surface area contributed by atoms with E-state index < -0.39 is 5.97 Å². The normalized spacial score (nSPS) is 10.6. The summed E-state index contributed by atoms with van der Waals surface area (Å²) in [6.45, 7) is 0.702. The van der Waals surface area contributed by atoms with Crippen molar-refractivity contribution >= 4 is 62.4 Å². The summed E-state index contributed by atoms with van der Waals surface area (Å²) in [4.78, 5) is 11.1. The highest BCUT2D eigenvalue weighted by Crippen LogP contribution is 2.35. The molecule has 0 aliphatic carbocycles. The van der Waals surface area contributed by atoms with E-state index in [1.807, 2.05) is 18.2 Å². The van der Waals surface area contributed by atoms with E-state index in [2.05, 4.69) is 21.2 Å².